The molecule has 0 saturated carbocycles. The van der Waals surface area contributed by atoms with Gasteiger partial charge in [-0.1, -0.05) is 18.2 Å². The number of aromatic nitrogens is 3. The first kappa shape index (κ1) is 18.4. The number of methoxy groups -OCH3 is 1. The molecule has 0 radical (unpaired) electrons. The standard InChI is InChI=1S/C20H22N4O4/c1-27-9-8-24-13-21-22-19(24)14-10-23(11-14)12-15-6-7-18(28-15)16-4-2-3-5-17(16)20(25)26/h2-7,13-14H,8-12H2,1H3,(H,25,26). The van der Waals surface area contributed by atoms with Crippen molar-refractivity contribution in [1.82, 2.24) is 19.7 Å². The van der Waals surface area contributed by atoms with Crippen LogP contribution in [0.5, 0.6) is 0 Å². The first-order chi connectivity index (χ1) is 13.7. The molecule has 8 nitrogen and oxygen atoms in total. The van der Waals surface area contributed by atoms with Crippen molar-refractivity contribution in [3.63, 3.8) is 0 Å². The van der Waals surface area contributed by atoms with Crippen LogP contribution in [0.15, 0.2) is 47.1 Å². The van der Waals surface area contributed by atoms with Crippen LogP contribution in [0.4, 0.5) is 0 Å². The molecule has 1 fully saturated rings. The Morgan fingerprint density at radius 1 is 1.29 bits per heavy atom. The SMILES string of the molecule is COCCn1cnnc1C1CN(Cc2ccc(-c3ccccc3C(=O)O)o2)C1. The van der Waals surface area contributed by atoms with E-state index in [4.69, 9.17) is 9.15 Å². The summed E-state index contributed by atoms with van der Waals surface area (Å²) in [4.78, 5) is 13.7. The zero-order valence-electron chi connectivity index (χ0n) is 15.6. The molecule has 0 spiro atoms. The summed E-state index contributed by atoms with van der Waals surface area (Å²) >= 11 is 0. The van der Waals surface area contributed by atoms with E-state index in [1.54, 1.807) is 31.6 Å². The highest BCUT2D eigenvalue weighted by Gasteiger charge is 2.32. The lowest BCUT2D eigenvalue weighted by Crippen LogP contribution is -2.45. The van der Waals surface area contributed by atoms with Crippen LogP contribution in [-0.4, -0.2) is 57.5 Å². The summed E-state index contributed by atoms with van der Waals surface area (Å²) in [5.41, 5.74) is 0.830. The highest BCUT2D eigenvalue weighted by Crippen LogP contribution is 2.30. The number of carboxylic acid groups (broad SMARTS) is 1. The van der Waals surface area contributed by atoms with Gasteiger partial charge in [-0.25, -0.2) is 4.79 Å². The zero-order valence-corrected chi connectivity index (χ0v) is 15.6. The van der Waals surface area contributed by atoms with E-state index in [0.717, 1.165) is 31.2 Å². The minimum absolute atomic E-state index is 0.239. The molecule has 1 aliphatic rings. The topological polar surface area (TPSA) is 93.6 Å². The predicted molar refractivity (Wildman–Crippen MR) is 101 cm³/mol. The van der Waals surface area contributed by atoms with Gasteiger partial charge in [-0.2, -0.15) is 0 Å². The Morgan fingerprint density at radius 3 is 2.89 bits per heavy atom. The third kappa shape index (κ3) is 3.69. The maximum atomic E-state index is 11.4. The number of rotatable bonds is 8. The number of furan rings is 1. The highest BCUT2D eigenvalue weighted by atomic mass is 16.5. The first-order valence-corrected chi connectivity index (χ1v) is 9.16. The third-order valence-electron chi connectivity index (χ3n) is 4.97. The van der Waals surface area contributed by atoms with Gasteiger partial charge in [0.1, 0.15) is 23.7 Å². The molecule has 4 rings (SSSR count). The van der Waals surface area contributed by atoms with Crippen molar-refractivity contribution >= 4 is 5.97 Å². The molecule has 1 N–H and O–H groups in total. The average molecular weight is 382 g/mol. The number of likely N-dealkylation sites (tertiary alicyclic amines) is 1. The lowest BCUT2D eigenvalue weighted by molar-refractivity contribution is 0.0697. The molecule has 0 unspecified atom stereocenters. The van der Waals surface area contributed by atoms with Crippen molar-refractivity contribution in [2.75, 3.05) is 26.8 Å². The molecule has 2 aromatic heterocycles. The minimum Gasteiger partial charge on any atom is -0.478 e. The van der Waals surface area contributed by atoms with E-state index in [9.17, 15) is 9.90 Å². The fourth-order valence-corrected chi connectivity index (χ4v) is 3.52. The fourth-order valence-electron chi connectivity index (χ4n) is 3.52. The molecule has 3 aromatic rings. The molecule has 28 heavy (non-hydrogen) atoms. The summed E-state index contributed by atoms with van der Waals surface area (Å²) in [6.07, 6.45) is 1.75. The van der Waals surface area contributed by atoms with Gasteiger partial charge < -0.3 is 18.8 Å². The largest absolute Gasteiger partial charge is 0.478 e. The van der Waals surface area contributed by atoms with Crippen molar-refractivity contribution in [1.29, 1.82) is 0 Å². The van der Waals surface area contributed by atoms with Crippen LogP contribution in [0.25, 0.3) is 11.3 Å². The maximum absolute atomic E-state index is 11.4. The van der Waals surface area contributed by atoms with E-state index in [2.05, 4.69) is 15.1 Å². The Balaban J connectivity index is 1.38. The molecular weight excluding hydrogens is 360 g/mol. The zero-order chi connectivity index (χ0) is 19.5. The van der Waals surface area contributed by atoms with Crippen molar-refractivity contribution in [3.8, 4) is 11.3 Å². The third-order valence-corrected chi connectivity index (χ3v) is 4.97. The molecule has 0 aliphatic carbocycles. The lowest BCUT2D eigenvalue weighted by Gasteiger charge is -2.38. The van der Waals surface area contributed by atoms with Gasteiger partial charge in [-0.15, -0.1) is 10.2 Å². The average Bonchev–Trinajstić information content (AvgIpc) is 3.32. The summed E-state index contributed by atoms with van der Waals surface area (Å²) in [7, 11) is 1.68. The second kappa shape index (κ2) is 7.95. The molecule has 1 saturated heterocycles. The number of nitrogens with zero attached hydrogens (tertiary/aromatic N) is 4. The smallest absolute Gasteiger partial charge is 0.336 e. The van der Waals surface area contributed by atoms with Gasteiger partial charge in [0.2, 0.25) is 0 Å². The van der Waals surface area contributed by atoms with E-state index in [1.165, 1.54) is 0 Å². The van der Waals surface area contributed by atoms with Crippen LogP contribution in [0.1, 0.15) is 27.9 Å². The second-order valence-corrected chi connectivity index (χ2v) is 6.88. The van der Waals surface area contributed by atoms with Crippen LogP contribution in [-0.2, 0) is 17.8 Å². The predicted octanol–water partition coefficient (Wildman–Crippen LogP) is 2.48. The van der Waals surface area contributed by atoms with Gasteiger partial charge in [0.25, 0.3) is 0 Å². The van der Waals surface area contributed by atoms with E-state index >= 15 is 0 Å². The molecule has 0 amide bonds. The Bertz CT molecular complexity index is 959. The Kier molecular flexibility index (Phi) is 5.23. The number of hydrogen-bond acceptors (Lipinski definition) is 6. The van der Waals surface area contributed by atoms with Gasteiger partial charge in [-0.05, 0) is 18.2 Å². The van der Waals surface area contributed by atoms with E-state index in [0.29, 0.717) is 30.4 Å². The van der Waals surface area contributed by atoms with Crippen molar-refractivity contribution < 1.29 is 19.1 Å². The van der Waals surface area contributed by atoms with Crippen molar-refractivity contribution in [2.24, 2.45) is 0 Å². The van der Waals surface area contributed by atoms with Gasteiger partial charge in [0.15, 0.2) is 0 Å². The molecule has 8 heteroatoms. The molecule has 0 atom stereocenters. The number of carbonyl (C=O) groups is 1. The van der Waals surface area contributed by atoms with Crippen molar-refractivity contribution in [3.05, 3.63) is 59.9 Å². The molecule has 146 valence electrons. The quantitative estimate of drug-likeness (QED) is 0.640. The lowest BCUT2D eigenvalue weighted by atomic mass is 9.99. The number of aromatic carboxylic acids is 1. The number of benzene rings is 1. The van der Waals surface area contributed by atoms with E-state index < -0.39 is 5.97 Å². The van der Waals surface area contributed by atoms with Crippen LogP contribution >= 0.6 is 0 Å². The van der Waals surface area contributed by atoms with Crippen LogP contribution < -0.4 is 0 Å². The number of carboxylic acids is 1. The first-order valence-electron chi connectivity index (χ1n) is 9.16. The van der Waals surface area contributed by atoms with E-state index in [-0.39, 0.29) is 5.56 Å². The molecule has 1 aliphatic heterocycles. The van der Waals surface area contributed by atoms with Crippen molar-refractivity contribution in [2.45, 2.75) is 19.0 Å². The Labute approximate surface area is 162 Å². The minimum atomic E-state index is -0.961. The van der Waals surface area contributed by atoms with Crippen LogP contribution in [0, 0.1) is 0 Å². The Hall–Kier alpha value is -2.97. The Morgan fingerprint density at radius 2 is 2.11 bits per heavy atom. The molecule has 0 bridgehead atoms. The van der Waals surface area contributed by atoms with Gasteiger partial charge in [0, 0.05) is 38.2 Å². The molecular formula is C20H22N4O4. The van der Waals surface area contributed by atoms with Crippen LogP contribution in [0.3, 0.4) is 0 Å². The van der Waals surface area contributed by atoms with Crippen LogP contribution in [0.2, 0.25) is 0 Å². The van der Waals surface area contributed by atoms with Gasteiger partial charge in [-0.3, -0.25) is 4.90 Å². The summed E-state index contributed by atoms with van der Waals surface area (Å²) < 4.78 is 13.1. The summed E-state index contributed by atoms with van der Waals surface area (Å²) in [6.45, 7) is 3.83. The molecule has 3 heterocycles. The summed E-state index contributed by atoms with van der Waals surface area (Å²) in [6, 6.07) is 10.6. The maximum Gasteiger partial charge on any atom is 0.336 e. The number of hydrogen-bond donors (Lipinski definition) is 1. The van der Waals surface area contributed by atoms with Gasteiger partial charge in [0.05, 0.1) is 18.7 Å². The monoisotopic (exact) mass is 382 g/mol. The normalized spacial score (nSPS) is 14.9. The summed E-state index contributed by atoms with van der Waals surface area (Å²) in [5, 5.41) is 17.6. The van der Waals surface area contributed by atoms with Gasteiger partial charge >= 0.3 is 5.97 Å². The number of ether oxygens (including phenoxy) is 1. The second-order valence-electron chi connectivity index (χ2n) is 6.88. The fraction of sp³-hybridized carbons (Fsp3) is 0.350. The molecule has 1 aromatic carbocycles. The van der Waals surface area contributed by atoms with E-state index in [1.807, 2.05) is 22.8 Å². The highest BCUT2D eigenvalue weighted by molar-refractivity contribution is 5.95. The summed E-state index contributed by atoms with van der Waals surface area (Å²) in [5.74, 6) is 1.76.